The summed E-state index contributed by atoms with van der Waals surface area (Å²) in [4.78, 5) is 22.1. The van der Waals surface area contributed by atoms with Gasteiger partial charge in [0.05, 0.1) is 19.3 Å². The smallest absolute Gasteiger partial charge is 0.278 e. The van der Waals surface area contributed by atoms with Gasteiger partial charge in [-0.1, -0.05) is 0 Å². The van der Waals surface area contributed by atoms with E-state index in [9.17, 15) is 15.0 Å². The zero-order chi connectivity index (χ0) is 14.3. The molecule has 0 bridgehead atoms. The Morgan fingerprint density at radius 2 is 2.35 bits per heavy atom. The van der Waals surface area contributed by atoms with Crippen LogP contribution >= 0.6 is 0 Å². The molecule has 1 aliphatic rings. The van der Waals surface area contributed by atoms with Crippen LogP contribution in [-0.4, -0.2) is 61.8 Å². The molecule has 2 aromatic rings. The molecule has 0 aliphatic carbocycles. The van der Waals surface area contributed by atoms with E-state index in [2.05, 4.69) is 15.0 Å². The number of rotatable bonds is 3. The molecule has 0 aromatic carbocycles. The van der Waals surface area contributed by atoms with Crippen LogP contribution in [0.2, 0.25) is 0 Å². The van der Waals surface area contributed by atoms with Crippen molar-refractivity contribution >= 4 is 11.2 Å². The van der Waals surface area contributed by atoms with E-state index in [1.165, 1.54) is 24.3 Å². The molecule has 4 unspecified atom stereocenters. The number of aromatic nitrogens is 4. The van der Waals surface area contributed by atoms with Crippen molar-refractivity contribution in [1.29, 1.82) is 0 Å². The number of aliphatic hydroxyl groups excluding tert-OH is 2. The van der Waals surface area contributed by atoms with Gasteiger partial charge in [-0.3, -0.25) is 9.36 Å². The second-order valence-electron chi connectivity index (χ2n) is 4.49. The SMILES string of the molecule is COC1C(O)C(CO)OC1n1cnc2c(=O)[nH]cnc21. The van der Waals surface area contributed by atoms with Crippen molar-refractivity contribution in [3.8, 4) is 0 Å². The molecule has 9 heteroatoms. The minimum absolute atomic E-state index is 0.174. The fraction of sp³-hybridized carbons (Fsp3) is 0.545. The second kappa shape index (κ2) is 4.94. The van der Waals surface area contributed by atoms with Gasteiger partial charge in [-0.15, -0.1) is 0 Å². The number of nitrogens with one attached hydrogen (secondary N) is 1. The first kappa shape index (κ1) is 13.2. The Morgan fingerprint density at radius 3 is 3.05 bits per heavy atom. The van der Waals surface area contributed by atoms with Gasteiger partial charge in [0, 0.05) is 7.11 Å². The normalized spacial score (nSPS) is 30.1. The van der Waals surface area contributed by atoms with Crippen molar-refractivity contribution in [3.05, 3.63) is 23.0 Å². The molecule has 0 radical (unpaired) electrons. The highest BCUT2D eigenvalue weighted by molar-refractivity contribution is 5.68. The summed E-state index contributed by atoms with van der Waals surface area (Å²) in [6.07, 6.45) is -0.480. The number of imidazole rings is 1. The van der Waals surface area contributed by atoms with Crippen LogP contribution in [0.1, 0.15) is 6.23 Å². The number of fused-ring (bicyclic) bond motifs is 1. The first-order chi connectivity index (χ1) is 9.67. The molecular formula is C11H14N4O5. The van der Waals surface area contributed by atoms with Crippen molar-refractivity contribution in [2.24, 2.45) is 0 Å². The highest BCUT2D eigenvalue weighted by Crippen LogP contribution is 2.32. The molecule has 1 aliphatic heterocycles. The number of ether oxygens (including phenoxy) is 2. The number of hydrogen-bond acceptors (Lipinski definition) is 7. The maximum Gasteiger partial charge on any atom is 0.278 e. The van der Waals surface area contributed by atoms with E-state index < -0.39 is 24.5 Å². The average Bonchev–Trinajstić information content (AvgIpc) is 3.00. The summed E-state index contributed by atoms with van der Waals surface area (Å²) in [5.41, 5.74) is 0.138. The summed E-state index contributed by atoms with van der Waals surface area (Å²) < 4.78 is 12.3. The molecule has 4 atom stereocenters. The van der Waals surface area contributed by atoms with Gasteiger partial charge in [0.2, 0.25) is 0 Å². The topological polar surface area (TPSA) is 122 Å². The summed E-state index contributed by atoms with van der Waals surface area (Å²) in [7, 11) is 1.43. The molecule has 108 valence electrons. The Kier molecular flexibility index (Phi) is 3.26. The predicted molar refractivity (Wildman–Crippen MR) is 65.9 cm³/mol. The van der Waals surface area contributed by atoms with Crippen molar-refractivity contribution in [3.63, 3.8) is 0 Å². The summed E-state index contributed by atoms with van der Waals surface area (Å²) in [6, 6.07) is 0. The molecule has 0 amide bonds. The lowest BCUT2D eigenvalue weighted by atomic mass is 10.1. The van der Waals surface area contributed by atoms with Crippen molar-refractivity contribution in [1.82, 2.24) is 19.5 Å². The molecule has 20 heavy (non-hydrogen) atoms. The minimum Gasteiger partial charge on any atom is -0.394 e. The van der Waals surface area contributed by atoms with Gasteiger partial charge in [-0.25, -0.2) is 9.97 Å². The number of hydrogen-bond donors (Lipinski definition) is 3. The summed E-state index contributed by atoms with van der Waals surface area (Å²) in [5, 5.41) is 19.2. The van der Waals surface area contributed by atoms with Crippen LogP contribution in [0.3, 0.4) is 0 Å². The maximum atomic E-state index is 11.6. The number of aromatic amines is 1. The molecule has 2 aromatic heterocycles. The molecule has 3 rings (SSSR count). The Balaban J connectivity index is 2.06. The van der Waals surface area contributed by atoms with E-state index in [1.54, 1.807) is 0 Å². The van der Waals surface area contributed by atoms with E-state index in [4.69, 9.17) is 9.47 Å². The van der Waals surface area contributed by atoms with Crippen LogP contribution in [0.25, 0.3) is 11.2 Å². The Hall–Kier alpha value is -1.81. The molecule has 3 heterocycles. The first-order valence-electron chi connectivity index (χ1n) is 6.04. The average molecular weight is 282 g/mol. The van der Waals surface area contributed by atoms with E-state index >= 15 is 0 Å². The fourth-order valence-corrected chi connectivity index (χ4v) is 2.40. The van der Waals surface area contributed by atoms with Gasteiger partial charge < -0.3 is 24.7 Å². The van der Waals surface area contributed by atoms with Gasteiger partial charge in [0.15, 0.2) is 17.4 Å². The fourth-order valence-electron chi connectivity index (χ4n) is 2.40. The molecule has 3 N–H and O–H groups in total. The van der Waals surface area contributed by atoms with Gasteiger partial charge in [0.1, 0.15) is 18.3 Å². The number of H-pyrrole nitrogens is 1. The van der Waals surface area contributed by atoms with E-state index in [0.29, 0.717) is 5.65 Å². The highest BCUT2D eigenvalue weighted by atomic mass is 16.6. The quantitative estimate of drug-likeness (QED) is 0.618. The zero-order valence-electron chi connectivity index (χ0n) is 10.6. The minimum atomic E-state index is -0.977. The van der Waals surface area contributed by atoms with E-state index in [0.717, 1.165) is 0 Å². The van der Waals surface area contributed by atoms with Gasteiger partial charge in [0.25, 0.3) is 5.56 Å². The Labute approximate surface area is 112 Å². The molecule has 0 saturated carbocycles. The molecule has 0 spiro atoms. The lowest BCUT2D eigenvalue weighted by Crippen LogP contribution is -2.34. The van der Waals surface area contributed by atoms with E-state index in [1.807, 2.05) is 0 Å². The monoisotopic (exact) mass is 282 g/mol. The van der Waals surface area contributed by atoms with Crippen molar-refractivity contribution in [2.45, 2.75) is 24.5 Å². The van der Waals surface area contributed by atoms with Crippen molar-refractivity contribution < 1.29 is 19.7 Å². The lowest BCUT2D eigenvalue weighted by Gasteiger charge is -2.19. The third kappa shape index (κ3) is 1.83. The third-order valence-corrected chi connectivity index (χ3v) is 3.40. The van der Waals surface area contributed by atoms with Crippen LogP contribution in [0.5, 0.6) is 0 Å². The van der Waals surface area contributed by atoms with Gasteiger partial charge in [-0.05, 0) is 0 Å². The number of nitrogens with zero attached hydrogens (tertiary/aromatic N) is 3. The molecular weight excluding hydrogens is 268 g/mol. The molecule has 9 nitrogen and oxygen atoms in total. The van der Waals surface area contributed by atoms with Crippen LogP contribution in [0.4, 0.5) is 0 Å². The first-order valence-corrected chi connectivity index (χ1v) is 6.04. The van der Waals surface area contributed by atoms with Gasteiger partial charge >= 0.3 is 0 Å². The van der Waals surface area contributed by atoms with Crippen LogP contribution in [0.15, 0.2) is 17.4 Å². The maximum absolute atomic E-state index is 11.6. The zero-order valence-corrected chi connectivity index (χ0v) is 10.6. The Bertz CT molecular complexity index is 668. The Morgan fingerprint density at radius 1 is 1.55 bits per heavy atom. The van der Waals surface area contributed by atoms with E-state index in [-0.39, 0.29) is 17.7 Å². The summed E-state index contributed by atoms with van der Waals surface area (Å²) >= 11 is 0. The van der Waals surface area contributed by atoms with Crippen LogP contribution < -0.4 is 5.56 Å². The highest BCUT2D eigenvalue weighted by Gasteiger charge is 2.45. The number of aliphatic hydroxyl groups is 2. The van der Waals surface area contributed by atoms with Gasteiger partial charge in [-0.2, -0.15) is 0 Å². The largest absolute Gasteiger partial charge is 0.394 e. The second-order valence-corrected chi connectivity index (χ2v) is 4.49. The van der Waals surface area contributed by atoms with Crippen molar-refractivity contribution in [2.75, 3.05) is 13.7 Å². The number of methoxy groups -OCH3 is 1. The standard InChI is InChI=1S/C11H14N4O5/c1-19-8-7(17)5(2-16)20-11(8)15-4-14-6-9(15)12-3-13-10(6)18/h3-5,7-8,11,16-17H,2H2,1H3,(H,12,13,18). The summed E-state index contributed by atoms with van der Waals surface area (Å²) in [5.74, 6) is 0. The molecule has 1 fully saturated rings. The van der Waals surface area contributed by atoms with Crippen LogP contribution in [0, 0.1) is 0 Å². The third-order valence-electron chi connectivity index (χ3n) is 3.40. The molecule has 1 saturated heterocycles. The predicted octanol–water partition coefficient (Wildman–Crippen LogP) is -1.61. The lowest BCUT2D eigenvalue weighted by molar-refractivity contribution is -0.0583. The summed E-state index contributed by atoms with van der Waals surface area (Å²) in [6.45, 7) is -0.335. The van der Waals surface area contributed by atoms with Crippen LogP contribution in [-0.2, 0) is 9.47 Å².